The van der Waals surface area contributed by atoms with E-state index in [0.29, 0.717) is 16.7 Å². The van der Waals surface area contributed by atoms with E-state index < -0.39 is 77.3 Å². The lowest BCUT2D eigenvalue weighted by atomic mass is 9.65. The number of urea groups is 1. The van der Waals surface area contributed by atoms with Gasteiger partial charge in [0.2, 0.25) is 11.8 Å². The van der Waals surface area contributed by atoms with E-state index in [1.54, 1.807) is 50.2 Å². The summed E-state index contributed by atoms with van der Waals surface area (Å²) >= 11 is 0. The van der Waals surface area contributed by atoms with Crippen LogP contribution in [-0.4, -0.2) is 59.0 Å². The third-order valence-electron chi connectivity index (χ3n) is 10.5. The monoisotopic (exact) mass is 702 g/mol. The van der Waals surface area contributed by atoms with Gasteiger partial charge < -0.3 is 25.6 Å². The second-order valence-electron chi connectivity index (χ2n) is 13.6. The molecule has 7 atom stereocenters. The molecule has 4 aromatic rings. The van der Waals surface area contributed by atoms with Crippen molar-refractivity contribution in [1.82, 2.24) is 10.2 Å². The summed E-state index contributed by atoms with van der Waals surface area (Å²) in [4.78, 5) is 73.9. The molecule has 0 aliphatic carbocycles. The Morgan fingerprint density at radius 2 is 1.42 bits per heavy atom. The fourth-order valence-corrected chi connectivity index (χ4v) is 8.37. The van der Waals surface area contributed by atoms with Crippen molar-refractivity contribution < 1.29 is 38.6 Å². The van der Waals surface area contributed by atoms with Gasteiger partial charge in [-0.3, -0.25) is 19.3 Å². The number of imide groups is 1. The molecule has 0 radical (unpaired) electrons. The van der Waals surface area contributed by atoms with Gasteiger partial charge in [0.1, 0.15) is 29.4 Å². The highest BCUT2D eigenvalue weighted by Crippen LogP contribution is 2.65. The number of para-hydroxylation sites is 1. The highest BCUT2D eigenvalue weighted by Gasteiger charge is 2.75. The van der Waals surface area contributed by atoms with Crippen molar-refractivity contribution in [2.45, 2.75) is 49.5 Å². The number of nitrogens with zero attached hydrogens (tertiary/aromatic N) is 2. The topological polar surface area (TPSA) is 169 Å². The number of phenolic OH excluding ortho intramolecular Hbond substituents is 1. The van der Waals surface area contributed by atoms with Crippen molar-refractivity contribution in [3.8, 4) is 5.75 Å². The maximum Gasteiger partial charge on any atom is 0.329 e. The molecule has 4 aromatic carbocycles. The van der Waals surface area contributed by atoms with E-state index >= 15 is 4.79 Å². The van der Waals surface area contributed by atoms with Gasteiger partial charge in [-0.15, -0.1) is 0 Å². The summed E-state index contributed by atoms with van der Waals surface area (Å²) in [6, 6.07) is 26.0. The zero-order valence-corrected chi connectivity index (χ0v) is 28.7. The largest absolute Gasteiger partial charge is 0.508 e. The number of methoxy groups -OCH3 is 1. The molecule has 12 heteroatoms. The Morgan fingerprint density at radius 1 is 0.827 bits per heavy atom. The SMILES string of the molecule is COC(=O)[C@@H](NC(=O)N1C(=O)[C@@]2(c3ccccc31)[C@H](c1ccc(O)cc1)N1[C@H](c3ccccc3)[C@H](c3ccccc3)OC(=O)[C@H]1[C@@H]2C(N)=O)C(C)C. The molecular formula is C40H38N4O8. The van der Waals surface area contributed by atoms with Crippen LogP contribution >= 0.6 is 0 Å². The number of esters is 2. The van der Waals surface area contributed by atoms with Crippen molar-refractivity contribution in [2.75, 3.05) is 12.0 Å². The van der Waals surface area contributed by atoms with Crippen LogP contribution in [0.25, 0.3) is 0 Å². The average molecular weight is 703 g/mol. The standard InChI is InChI=1S/C40H38N4O8/c1-22(2)30(36(47)51-3)42-39(50)43-28-17-11-10-16-27(28)40(38(43)49)29(35(41)46)32-37(48)52-33(24-14-8-5-9-15-24)31(23-12-6-4-7-13-23)44(32)34(40)25-18-20-26(45)21-19-25/h4-22,29-34,45H,1-3H3,(H2,41,46)(H,42,50)/t29-,30+,31-,32-,33+,34+,40-/m1/s1. The molecule has 3 aliphatic rings. The van der Waals surface area contributed by atoms with Gasteiger partial charge in [0.05, 0.1) is 30.8 Å². The Bertz CT molecular complexity index is 2040. The molecule has 52 heavy (non-hydrogen) atoms. The van der Waals surface area contributed by atoms with Crippen LogP contribution in [0.5, 0.6) is 5.75 Å². The lowest BCUT2D eigenvalue weighted by molar-refractivity contribution is -0.178. The van der Waals surface area contributed by atoms with Gasteiger partial charge in [0.15, 0.2) is 0 Å². The van der Waals surface area contributed by atoms with Gasteiger partial charge in [-0.25, -0.2) is 14.5 Å². The van der Waals surface area contributed by atoms with E-state index in [0.717, 1.165) is 10.5 Å². The van der Waals surface area contributed by atoms with E-state index in [1.165, 1.54) is 19.2 Å². The number of rotatable bonds is 7. The number of carbonyl (C=O) groups excluding carboxylic acids is 5. The maximum absolute atomic E-state index is 15.5. The number of hydrogen-bond donors (Lipinski definition) is 3. The van der Waals surface area contributed by atoms with Crippen LogP contribution in [-0.2, 0) is 34.1 Å². The Labute approximate surface area is 300 Å². The lowest BCUT2D eigenvalue weighted by Gasteiger charge is -2.46. The van der Waals surface area contributed by atoms with Crippen LogP contribution in [0, 0.1) is 11.8 Å². The summed E-state index contributed by atoms with van der Waals surface area (Å²) in [7, 11) is 1.20. The molecule has 3 heterocycles. The van der Waals surface area contributed by atoms with Gasteiger partial charge in [-0.1, -0.05) is 105 Å². The summed E-state index contributed by atoms with van der Waals surface area (Å²) in [5.41, 5.74) is 6.69. The molecule has 0 bridgehead atoms. The van der Waals surface area contributed by atoms with E-state index in [2.05, 4.69) is 5.32 Å². The Kier molecular flexibility index (Phi) is 8.79. The minimum Gasteiger partial charge on any atom is -0.508 e. The molecule has 4 amide bonds. The van der Waals surface area contributed by atoms with Crippen LogP contribution in [0.1, 0.15) is 54.3 Å². The number of carbonyl (C=O) groups is 5. The first-order chi connectivity index (χ1) is 25.0. The predicted octanol–water partition coefficient (Wildman–Crippen LogP) is 4.45. The van der Waals surface area contributed by atoms with Crippen molar-refractivity contribution in [3.05, 3.63) is 131 Å². The highest BCUT2D eigenvalue weighted by atomic mass is 16.6. The third kappa shape index (κ3) is 5.20. The number of ether oxygens (including phenoxy) is 2. The zero-order chi connectivity index (χ0) is 36.9. The summed E-state index contributed by atoms with van der Waals surface area (Å²) in [5.74, 6) is -5.20. The van der Waals surface area contributed by atoms with Crippen LogP contribution < -0.4 is 16.0 Å². The highest BCUT2D eigenvalue weighted by molar-refractivity contribution is 6.25. The number of amides is 4. The van der Waals surface area contributed by atoms with E-state index in [-0.39, 0.29) is 11.4 Å². The van der Waals surface area contributed by atoms with Crippen LogP contribution in [0.2, 0.25) is 0 Å². The Hall–Kier alpha value is -6.01. The molecule has 2 fully saturated rings. The molecule has 0 unspecified atom stereocenters. The third-order valence-corrected chi connectivity index (χ3v) is 10.5. The van der Waals surface area contributed by atoms with Crippen molar-refractivity contribution in [1.29, 1.82) is 0 Å². The van der Waals surface area contributed by atoms with Gasteiger partial charge in [-0.05, 0) is 46.4 Å². The number of benzene rings is 4. The first-order valence-corrected chi connectivity index (χ1v) is 17.0. The number of primary amides is 1. The van der Waals surface area contributed by atoms with E-state index in [4.69, 9.17) is 15.2 Å². The fraction of sp³-hybridized carbons (Fsp3) is 0.275. The summed E-state index contributed by atoms with van der Waals surface area (Å²) in [5, 5.41) is 13.0. The van der Waals surface area contributed by atoms with Crippen molar-refractivity contribution in [2.24, 2.45) is 17.6 Å². The minimum atomic E-state index is -1.96. The molecule has 0 saturated carbocycles. The number of anilines is 1. The molecule has 3 aliphatic heterocycles. The molecule has 2 saturated heterocycles. The predicted molar refractivity (Wildman–Crippen MR) is 188 cm³/mol. The number of nitrogens with two attached hydrogens (primary N) is 1. The van der Waals surface area contributed by atoms with E-state index in [1.807, 2.05) is 65.6 Å². The molecular weight excluding hydrogens is 664 g/mol. The van der Waals surface area contributed by atoms with Gasteiger partial charge in [0.25, 0.3) is 0 Å². The summed E-state index contributed by atoms with van der Waals surface area (Å²) < 4.78 is 11.2. The molecule has 4 N–H and O–H groups in total. The molecule has 12 nitrogen and oxygen atoms in total. The Balaban J connectivity index is 1.51. The normalized spacial score (nSPS) is 25.7. The number of fused-ring (bicyclic) bond motifs is 3. The molecule has 7 rings (SSSR count). The lowest BCUT2D eigenvalue weighted by Crippen LogP contribution is -2.57. The first kappa shape index (κ1) is 34.4. The molecule has 266 valence electrons. The van der Waals surface area contributed by atoms with Crippen molar-refractivity contribution >= 4 is 35.5 Å². The number of hydrogen-bond acceptors (Lipinski definition) is 9. The van der Waals surface area contributed by atoms with Crippen molar-refractivity contribution in [3.63, 3.8) is 0 Å². The second-order valence-corrected chi connectivity index (χ2v) is 13.6. The van der Waals surface area contributed by atoms with Gasteiger partial charge >= 0.3 is 18.0 Å². The number of aromatic hydroxyl groups is 1. The van der Waals surface area contributed by atoms with Crippen LogP contribution in [0.3, 0.4) is 0 Å². The number of phenols is 1. The molecule has 0 aromatic heterocycles. The average Bonchev–Trinajstić information content (AvgIpc) is 3.61. The number of nitrogens with one attached hydrogen (secondary N) is 1. The quantitative estimate of drug-likeness (QED) is 0.236. The zero-order valence-electron chi connectivity index (χ0n) is 28.7. The second kappa shape index (κ2) is 13.3. The molecule has 1 spiro atoms. The minimum absolute atomic E-state index is 0.0414. The van der Waals surface area contributed by atoms with Crippen LogP contribution in [0.15, 0.2) is 109 Å². The van der Waals surface area contributed by atoms with E-state index in [9.17, 15) is 24.3 Å². The maximum atomic E-state index is 15.5. The Morgan fingerprint density at radius 3 is 2.02 bits per heavy atom. The summed E-state index contributed by atoms with van der Waals surface area (Å²) in [6.45, 7) is 3.45. The van der Waals surface area contributed by atoms with Gasteiger partial charge in [-0.2, -0.15) is 0 Å². The van der Waals surface area contributed by atoms with Gasteiger partial charge in [0, 0.05) is 0 Å². The fourth-order valence-electron chi connectivity index (χ4n) is 8.37. The number of morpholine rings is 1. The smallest absolute Gasteiger partial charge is 0.329 e. The summed E-state index contributed by atoms with van der Waals surface area (Å²) in [6.07, 6.45) is -0.881. The first-order valence-electron chi connectivity index (χ1n) is 17.0. The van der Waals surface area contributed by atoms with Crippen LogP contribution in [0.4, 0.5) is 10.5 Å². The number of cyclic esters (lactones) is 1.